The number of aryl methyl sites for hydroxylation is 1. The number of nitrogens with zero attached hydrogens (tertiary/aromatic N) is 2. The lowest BCUT2D eigenvalue weighted by molar-refractivity contribution is -0.384. The first kappa shape index (κ1) is 13.3. The van der Waals surface area contributed by atoms with E-state index in [-0.39, 0.29) is 22.8 Å². The lowest BCUT2D eigenvalue weighted by Crippen LogP contribution is -2.21. The standard InChI is InChI=1S/C13H11ClN2O3/c1-9-3-2-6-15(13(9)17)8-10-4-5-11(16(18)19)7-12(10)14/h2-7H,8H2,1H3. The SMILES string of the molecule is Cc1cccn(Cc2ccc([N+](=O)[O-])cc2Cl)c1=O. The van der Waals surface area contributed by atoms with E-state index in [0.29, 0.717) is 11.1 Å². The molecule has 0 N–H and O–H groups in total. The molecular weight excluding hydrogens is 268 g/mol. The summed E-state index contributed by atoms with van der Waals surface area (Å²) in [7, 11) is 0. The fourth-order valence-electron chi connectivity index (χ4n) is 1.74. The van der Waals surface area contributed by atoms with E-state index < -0.39 is 4.92 Å². The van der Waals surface area contributed by atoms with Gasteiger partial charge in [0.15, 0.2) is 0 Å². The number of rotatable bonds is 3. The lowest BCUT2D eigenvalue weighted by atomic mass is 10.2. The van der Waals surface area contributed by atoms with Crippen LogP contribution in [0.15, 0.2) is 41.3 Å². The Morgan fingerprint density at radius 2 is 2.11 bits per heavy atom. The Hall–Kier alpha value is -2.14. The molecule has 0 radical (unpaired) electrons. The molecule has 2 aromatic rings. The van der Waals surface area contributed by atoms with Gasteiger partial charge in [-0.05, 0) is 24.6 Å². The van der Waals surface area contributed by atoms with E-state index in [4.69, 9.17) is 11.6 Å². The zero-order chi connectivity index (χ0) is 14.0. The van der Waals surface area contributed by atoms with Gasteiger partial charge in [0.25, 0.3) is 11.2 Å². The van der Waals surface area contributed by atoms with Crippen LogP contribution in [0.3, 0.4) is 0 Å². The summed E-state index contributed by atoms with van der Waals surface area (Å²) >= 11 is 6.00. The molecule has 0 fully saturated rings. The minimum atomic E-state index is -0.505. The highest BCUT2D eigenvalue weighted by molar-refractivity contribution is 6.31. The van der Waals surface area contributed by atoms with E-state index in [1.807, 2.05) is 0 Å². The van der Waals surface area contributed by atoms with Crippen LogP contribution in [0.4, 0.5) is 5.69 Å². The Balaban J connectivity index is 2.36. The summed E-state index contributed by atoms with van der Waals surface area (Å²) in [5.74, 6) is 0. The molecule has 0 atom stereocenters. The number of non-ortho nitro benzene ring substituents is 1. The minimum Gasteiger partial charge on any atom is -0.311 e. The molecule has 0 spiro atoms. The zero-order valence-electron chi connectivity index (χ0n) is 10.2. The van der Waals surface area contributed by atoms with Crippen molar-refractivity contribution in [1.29, 1.82) is 0 Å². The highest BCUT2D eigenvalue weighted by Gasteiger charge is 2.10. The summed E-state index contributed by atoms with van der Waals surface area (Å²) < 4.78 is 1.52. The molecule has 2 rings (SSSR count). The Morgan fingerprint density at radius 3 is 2.74 bits per heavy atom. The maximum atomic E-state index is 11.9. The normalized spacial score (nSPS) is 10.4. The topological polar surface area (TPSA) is 65.1 Å². The van der Waals surface area contributed by atoms with Gasteiger partial charge in [0.2, 0.25) is 0 Å². The predicted molar refractivity (Wildman–Crippen MR) is 72.6 cm³/mol. The van der Waals surface area contributed by atoms with Crippen molar-refractivity contribution in [3.8, 4) is 0 Å². The average Bonchev–Trinajstić information content (AvgIpc) is 2.37. The smallest absolute Gasteiger partial charge is 0.270 e. The van der Waals surface area contributed by atoms with Crippen molar-refractivity contribution in [2.45, 2.75) is 13.5 Å². The summed E-state index contributed by atoms with van der Waals surface area (Å²) in [5.41, 5.74) is 1.14. The number of nitro groups is 1. The molecule has 1 aromatic heterocycles. The maximum Gasteiger partial charge on any atom is 0.270 e. The number of nitro benzene ring substituents is 1. The molecule has 0 saturated heterocycles. The van der Waals surface area contributed by atoms with Gasteiger partial charge in [-0.1, -0.05) is 17.7 Å². The van der Waals surface area contributed by atoms with Crippen molar-refractivity contribution in [2.75, 3.05) is 0 Å². The van der Waals surface area contributed by atoms with Crippen LogP contribution < -0.4 is 5.56 Å². The fourth-order valence-corrected chi connectivity index (χ4v) is 1.98. The van der Waals surface area contributed by atoms with Gasteiger partial charge in [-0.15, -0.1) is 0 Å². The lowest BCUT2D eigenvalue weighted by Gasteiger charge is -2.08. The third kappa shape index (κ3) is 2.82. The van der Waals surface area contributed by atoms with Crippen LogP contribution in [0.25, 0.3) is 0 Å². The third-order valence-corrected chi connectivity index (χ3v) is 3.15. The quantitative estimate of drug-likeness (QED) is 0.640. The van der Waals surface area contributed by atoms with E-state index in [2.05, 4.69) is 0 Å². The number of pyridine rings is 1. The van der Waals surface area contributed by atoms with Gasteiger partial charge in [-0.25, -0.2) is 0 Å². The highest BCUT2D eigenvalue weighted by Crippen LogP contribution is 2.22. The van der Waals surface area contributed by atoms with Crippen molar-refractivity contribution >= 4 is 17.3 Å². The average molecular weight is 279 g/mol. The zero-order valence-corrected chi connectivity index (χ0v) is 10.9. The molecule has 19 heavy (non-hydrogen) atoms. The predicted octanol–water partition coefficient (Wildman–Crippen LogP) is 2.77. The molecule has 0 aliphatic heterocycles. The highest BCUT2D eigenvalue weighted by atomic mass is 35.5. The fraction of sp³-hybridized carbons (Fsp3) is 0.154. The largest absolute Gasteiger partial charge is 0.311 e. The third-order valence-electron chi connectivity index (χ3n) is 2.80. The Morgan fingerprint density at radius 1 is 1.37 bits per heavy atom. The summed E-state index contributed by atoms with van der Waals surface area (Å²) in [4.78, 5) is 22.0. The number of hydrogen-bond donors (Lipinski definition) is 0. The molecular formula is C13H11ClN2O3. The van der Waals surface area contributed by atoms with Gasteiger partial charge in [-0.2, -0.15) is 0 Å². The van der Waals surface area contributed by atoms with Crippen LogP contribution in [0, 0.1) is 17.0 Å². The van der Waals surface area contributed by atoms with Crippen molar-refractivity contribution in [1.82, 2.24) is 4.57 Å². The van der Waals surface area contributed by atoms with Crippen LogP contribution in [-0.2, 0) is 6.54 Å². The van der Waals surface area contributed by atoms with Crippen LogP contribution in [-0.4, -0.2) is 9.49 Å². The summed E-state index contributed by atoms with van der Waals surface area (Å²) in [6.07, 6.45) is 1.66. The second kappa shape index (κ2) is 5.24. The number of benzene rings is 1. The van der Waals surface area contributed by atoms with Gasteiger partial charge in [0.1, 0.15) is 0 Å². The van der Waals surface area contributed by atoms with Crippen LogP contribution >= 0.6 is 11.6 Å². The molecule has 0 aliphatic carbocycles. The molecule has 0 amide bonds. The second-order valence-electron chi connectivity index (χ2n) is 4.16. The van der Waals surface area contributed by atoms with Gasteiger partial charge >= 0.3 is 0 Å². The van der Waals surface area contributed by atoms with E-state index in [0.717, 1.165) is 0 Å². The van der Waals surface area contributed by atoms with Crippen LogP contribution in [0.5, 0.6) is 0 Å². The first-order valence-corrected chi connectivity index (χ1v) is 5.95. The van der Waals surface area contributed by atoms with E-state index in [1.54, 1.807) is 31.3 Å². The first-order valence-electron chi connectivity index (χ1n) is 5.58. The maximum absolute atomic E-state index is 11.9. The van der Waals surface area contributed by atoms with Crippen molar-refractivity contribution in [3.05, 3.63) is 73.1 Å². The monoisotopic (exact) mass is 278 g/mol. The van der Waals surface area contributed by atoms with Crippen molar-refractivity contribution in [2.24, 2.45) is 0 Å². The molecule has 0 saturated carbocycles. The minimum absolute atomic E-state index is 0.0645. The molecule has 0 bridgehead atoms. The second-order valence-corrected chi connectivity index (χ2v) is 4.56. The van der Waals surface area contributed by atoms with Crippen molar-refractivity contribution < 1.29 is 4.92 Å². The first-order chi connectivity index (χ1) is 8.99. The molecule has 1 heterocycles. The Kier molecular flexibility index (Phi) is 3.66. The molecule has 0 aliphatic rings. The Labute approximate surface area is 114 Å². The van der Waals surface area contributed by atoms with Crippen LogP contribution in [0.2, 0.25) is 5.02 Å². The summed E-state index contributed by atoms with van der Waals surface area (Å²) in [6.45, 7) is 2.02. The molecule has 1 aromatic carbocycles. The van der Waals surface area contributed by atoms with Crippen LogP contribution in [0.1, 0.15) is 11.1 Å². The summed E-state index contributed by atoms with van der Waals surface area (Å²) in [5, 5.41) is 10.9. The molecule has 6 heteroatoms. The van der Waals surface area contributed by atoms with Gasteiger partial charge in [-0.3, -0.25) is 14.9 Å². The molecule has 98 valence electrons. The molecule has 5 nitrogen and oxygen atoms in total. The van der Waals surface area contributed by atoms with E-state index in [9.17, 15) is 14.9 Å². The van der Waals surface area contributed by atoms with Gasteiger partial charge < -0.3 is 4.57 Å². The van der Waals surface area contributed by atoms with Crippen molar-refractivity contribution in [3.63, 3.8) is 0 Å². The number of aromatic nitrogens is 1. The summed E-state index contributed by atoms with van der Waals surface area (Å²) in [6, 6.07) is 7.74. The van der Waals surface area contributed by atoms with E-state index >= 15 is 0 Å². The molecule has 0 unspecified atom stereocenters. The number of halogens is 1. The number of hydrogen-bond acceptors (Lipinski definition) is 3. The Bertz CT molecular complexity index is 695. The van der Waals surface area contributed by atoms with E-state index in [1.165, 1.54) is 16.7 Å². The van der Waals surface area contributed by atoms with Gasteiger partial charge in [0.05, 0.1) is 16.5 Å². The van der Waals surface area contributed by atoms with Gasteiger partial charge in [0, 0.05) is 23.9 Å².